The van der Waals surface area contributed by atoms with Crippen LogP contribution in [0.3, 0.4) is 0 Å². The molecule has 22 heavy (non-hydrogen) atoms. The van der Waals surface area contributed by atoms with Gasteiger partial charge in [-0.05, 0) is 20.8 Å². The van der Waals surface area contributed by atoms with E-state index in [9.17, 15) is 0 Å². The van der Waals surface area contributed by atoms with Crippen molar-refractivity contribution in [2.24, 2.45) is 0 Å². The van der Waals surface area contributed by atoms with E-state index in [0.29, 0.717) is 0 Å². The molecule has 0 bridgehead atoms. The number of hydrogen-bond acceptors (Lipinski definition) is 3. The van der Waals surface area contributed by atoms with Gasteiger partial charge in [-0.25, -0.2) is 15.0 Å². The average Bonchev–Trinajstić information content (AvgIpc) is 3.31. The second-order valence-corrected chi connectivity index (χ2v) is 4.18. The van der Waals surface area contributed by atoms with E-state index in [1.165, 1.54) is 0 Å². The van der Waals surface area contributed by atoms with Crippen molar-refractivity contribution in [3.8, 4) is 0 Å². The first-order valence-electron chi connectivity index (χ1n) is 7.17. The van der Waals surface area contributed by atoms with E-state index in [1.807, 2.05) is 32.3 Å². The van der Waals surface area contributed by atoms with Crippen molar-refractivity contribution in [2.75, 3.05) is 0 Å². The summed E-state index contributed by atoms with van der Waals surface area (Å²) >= 11 is 0. The van der Waals surface area contributed by atoms with Crippen LogP contribution in [0, 0.1) is 0 Å². The summed E-state index contributed by atoms with van der Waals surface area (Å²) in [5.41, 5.74) is 0. The fourth-order valence-corrected chi connectivity index (χ4v) is 1.42. The van der Waals surface area contributed by atoms with E-state index in [1.54, 1.807) is 37.6 Å². The molecule has 0 saturated heterocycles. The molecule has 119 valence electrons. The van der Waals surface area contributed by atoms with Gasteiger partial charge in [-0.3, -0.25) is 0 Å². The van der Waals surface area contributed by atoms with Gasteiger partial charge in [0.2, 0.25) is 0 Å². The van der Waals surface area contributed by atoms with Gasteiger partial charge < -0.3 is 13.7 Å². The maximum absolute atomic E-state index is 3.86. The molecule has 3 heterocycles. The Morgan fingerprint density at radius 1 is 0.591 bits per heavy atom. The van der Waals surface area contributed by atoms with Crippen molar-refractivity contribution < 1.29 is 19.5 Å². The Hall–Kier alpha value is -1.75. The Labute approximate surface area is 145 Å². The molecule has 1 radical (unpaired) electrons. The molecule has 3 aromatic rings. The fourth-order valence-electron chi connectivity index (χ4n) is 1.42. The molecule has 0 atom stereocenters. The van der Waals surface area contributed by atoms with E-state index >= 15 is 0 Å². The summed E-state index contributed by atoms with van der Waals surface area (Å²) in [6.45, 7) is 9.30. The molecule has 0 fully saturated rings. The Bertz CT molecular complexity index is 449. The van der Waals surface area contributed by atoms with Gasteiger partial charge in [-0.15, -0.1) is 0 Å². The third kappa shape index (κ3) is 8.52. The van der Waals surface area contributed by atoms with Gasteiger partial charge in [0.05, 0.1) is 19.0 Å². The van der Waals surface area contributed by atoms with E-state index < -0.39 is 0 Å². The summed E-state index contributed by atoms with van der Waals surface area (Å²) in [5, 5.41) is 0. The summed E-state index contributed by atoms with van der Waals surface area (Å²) in [5.74, 6) is 0. The zero-order valence-corrected chi connectivity index (χ0v) is 15.1. The van der Waals surface area contributed by atoms with Gasteiger partial charge >= 0.3 is 19.5 Å². The predicted octanol–water partition coefficient (Wildman–Crippen LogP) is 2.71. The summed E-state index contributed by atoms with van der Waals surface area (Å²) in [6, 6.07) is 0. The fraction of sp³-hybridized carbons (Fsp3) is 0.400. The van der Waals surface area contributed by atoms with Gasteiger partial charge in [0, 0.05) is 56.8 Å². The molecule has 6 nitrogen and oxygen atoms in total. The topological polar surface area (TPSA) is 53.5 Å². The zero-order valence-electron chi connectivity index (χ0n) is 13.4. The molecule has 0 unspecified atom stereocenters. The van der Waals surface area contributed by atoms with Gasteiger partial charge in [-0.2, -0.15) is 0 Å². The summed E-state index contributed by atoms with van der Waals surface area (Å²) < 4.78 is 6.04. The first kappa shape index (κ1) is 20.3. The second kappa shape index (κ2) is 13.0. The van der Waals surface area contributed by atoms with E-state index in [2.05, 4.69) is 35.7 Å². The van der Waals surface area contributed by atoms with Gasteiger partial charge in [0.15, 0.2) is 0 Å². The maximum atomic E-state index is 3.86. The standard InChI is InChI=1S/3C5H8N2.Ru/c3*1-2-7-4-3-6-5-7;/h3*3-5H,2H2,1H3;/q;;;+3. The SMILES string of the molecule is CCn1ccnc1.CCn1ccnc1.CCn1ccnc1.[Ru+3]. The molecule has 0 amide bonds. The summed E-state index contributed by atoms with van der Waals surface area (Å²) in [6.07, 6.45) is 16.6. The molecule has 0 spiro atoms. The first-order valence-corrected chi connectivity index (χ1v) is 7.17. The number of rotatable bonds is 3. The molecule has 3 aromatic heterocycles. The third-order valence-corrected chi connectivity index (χ3v) is 2.77. The first-order chi connectivity index (χ1) is 10.3. The van der Waals surface area contributed by atoms with E-state index in [0.717, 1.165) is 19.6 Å². The van der Waals surface area contributed by atoms with Gasteiger partial charge in [0.1, 0.15) is 0 Å². The molecule has 0 aliphatic carbocycles. The average molecular weight is 389 g/mol. The minimum absolute atomic E-state index is 0. The van der Waals surface area contributed by atoms with Crippen molar-refractivity contribution in [1.82, 2.24) is 28.7 Å². The third-order valence-electron chi connectivity index (χ3n) is 2.77. The number of imidazole rings is 3. The van der Waals surface area contributed by atoms with Crippen LogP contribution in [0.2, 0.25) is 0 Å². The van der Waals surface area contributed by atoms with Crippen LogP contribution in [0.4, 0.5) is 0 Å². The molecular formula is C15H24N6Ru+3. The Morgan fingerprint density at radius 3 is 0.955 bits per heavy atom. The maximum Gasteiger partial charge on any atom is 3.00 e. The molecular weight excluding hydrogens is 365 g/mol. The van der Waals surface area contributed by atoms with Crippen LogP contribution < -0.4 is 0 Å². The van der Waals surface area contributed by atoms with Crippen molar-refractivity contribution in [2.45, 2.75) is 40.4 Å². The Balaban J connectivity index is 0.000000294. The molecule has 7 heteroatoms. The summed E-state index contributed by atoms with van der Waals surface area (Å²) in [4.78, 5) is 11.6. The molecule has 0 saturated carbocycles. The second-order valence-electron chi connectivity index (χ2n) is 4.18. The number of hydrogen-bond donors (Lipinski definition) is 0. The number of aromatic nitrogens is 6. The Morgan fingerprint density at radius 2 is 0.864 bits per heavy atom. The molecule has 0 aromatic carbocycles. The van der Waals surface area contributed by atoms with Crippen molar-refractivity contribution >= 4 is 0 Å². The molecule has 0 aliphatic heterocycles. The molecule has 0 aliphatic rings. The van der Waals surface area contributed by atoms with Gasteiger partial charge in [0.25, 0.3) is 0 Å². The largest absolute Gasteiger partial charge is 3.00 e. The van der Waals surface area contributed by atoms with Crippen LogP contribution in [0.5, 0.6) is 0 Å². The van der Waals surface area contributed by atoms with Crippen LogP contribution in [0.1, 0.15) is 20.8 Å². The zero-order chi connectivity index (χ0) is 15.3. The van der Waals surface area contributed by atoms with Crippen LogP contribution in [-0.2, 0) is 39.1 Å². The normalized spacial score (nSPS) is 8.86. The minimum atomic E-state index is 0. The number of nitrogens with zero attached hydrogens (tertiary/aromatic N) is 6. The van der Waals surface area contributed by atoms with Crippen molar-refractivity contribution in [3.63, 3.8) is 0 Å². The Kier molecular flexibility index (Phi) is 11.9. The summed E-state index contributed by atoms with van der Waals surface area (Å²) in [7, 11) is 0. The van der Waals surface area contributed by atoms with Crippen LogP contribution >= 0.6 is 0 Å². The van der Waals surface area contributed by atoms with Crippen LogP contribution in [0.15, 0.2) is 56.2 Å². The molecule has 3 rings (SSSR count). The van der Waals surface area contributed by atoms with Crippen molar-refractivity contribution in [3.05, 3.63) is 56.2 Å². The van der Waals surface area contributed by atoms with Crippen LogP contribution in [0.25, 0.3) is 0 Å². The minimum Gasteiger partial charge on any atom is -0.338 e. The monoisotopic (exact) mass is 390 g/mol. The smallest absolute Gasteiger partial charge is 0.338 e. The van der Waals surface area contributed by atoms with Crippen LogP contribution in [-0.4, -0.2) is 28.7 Å². The van der Waals surface area contributed by atoms with E-state index in [-0.39, 0.29) is 19.5 Å². The van der Waals surface area contributed by atoms with Crippen molar-refractivity contribution in [1.29, 1.82) is 0 Å². The van der Waals surface area contributed by atoms with E-state index in [4.69, 9.17) is 0 Å². The quantitative estimate of drug-likeness (QED) is 0.647. The van der Waals surface area contributed by atoms with Gasteiger partial charge in [-0.1, -0.05) is 0 Å². The predicted molar refractivity (Wildman–Crippen MR) is 83.7 cm³/mol. The molecule has 0 N–H and O–H groups in total. The number of aryl methyl sites for hydroxylation is 3.